The minimum atomic E-state index is -5.12. The summed E-state index contributed by atoms with van der Waals surface area (Å²) in [5.74, 6) is -1.15. The van der Waals surface area contributed by atoms with Crippen LogP contribution in [0.5, 0.6) is 0 Å². The van der Waals surface area contributed by atoms with Gasteiger partial charge in [0.15, 0.2) is 6.10 Å². The molecule has 0 aromatic carbocycles. The fraction of sp³-hybridized carbons (Fsp3) is 0.737. The van der Waals surface area contributed by atoms with E-state index in [1.165, 1.54) is 38.5 Å². The Morgan fingerprint density at radius 3 is 1.67 bits per heavy atom. The average Bonchev–Trinajstić information content (AvgIpc) is 3.12. The molecule has 1 saturated carbocycles. The zero-order valence-corrected chi connectivity index (χ0v) is 32.0. The smallest absolute Gasteiger partial charge is 0.462 e. The molecule has 0 heterocycles. The lowest BCUT2D eigenvalue weighted by Gasteiger charge is -2.41. The van der Waals surface area contributed by atoms with Gasteiger partial charge in [-0.05, 0) is 32.1 Å². The van der Waals surface area contributed by atoms with Gasteiger partial charge in [-0.2, -0.15) is 0 Å². The molecule has 0 spiro atoms. The van der Waals surface area contributed by atoms with Crippen molar-refractivity contribution < 1.29 is 63.1 Å². The summed E-state index contributed by atoms with van der Waals surface area (Å²) in [6, 6.07) is 0. The van der Waals surface area contributed by atoms with Crippen molar-refractivity contribution in [3.8, 4) is 0 Å². The number of hydrogen-bond acceptors (Lipinski definition) is 12. The summed E-state index contributed by atoms with van der Waals surface area (Å²) in [5.41, 5.74) is 0. The van der Waals surface area contributed by atoms with Gasteiger partial charge < -0.3 is 39.9 Å². The summed E-state index contributed by atoms with van der Waals surface area (Å²) >= 11 is 0. The predicted octanol–water partition coefficient (Wildman–Crippen LogP) is 5.66. The number of carbonyl (C=O) groups excluding carboxylic acids is 2. The van der Waals surface area contributed by atoms with Crippen molar-refractivity contribution in [1.82, 2.24) is 0 Å². The Bertz CT molecular complexity index is 1110. The van der Waals surface area contributed by atoms with Crippen LogP contribution in [0.1, 0.15) is 123 Å². The first-order chi connectivity index (χ1) is 24.9. The number of unbranched alkanes of at least 4 members (excludes halogenated alkanes) is 12. The molecule has 0 aliphatic heterocycles. The van der Waals surface area contributed by atoms with E-state index in [9.17, 15) is 44.6 Å². The van der Waals surface area contributed by atoms with Crippen LogP contribution in [0, 0.1) is 0 Å². The molecule has 0 aromatic rings. The van der Waals surface area contributed by atoms with Gasteiger partial charge in [-0.15, -0.1) is 0 Å². The number of phosphoric ester groups is 1. The highest BCUT2D eigenvalue weighted by Crippen LogP contribution is 2.47. The van der Waals surface area contributed by atoms with Crippen LogP contribution >= 0.6 is 7.82 Å². The van der Waals surface area contributed by atoms with Crippen LogP contribution in [-0.2, 0) is 32.7 Å². The summed E-state index contributed by atoms with van der Waals surface area (Å²) in [6.07, 6.45) is 17.7. The third-order valence-corrected chi connectivity index (χ3v) is 9.51. The Kier molecular flexibility index (Phi) is 26.9. The number of hydrogen-bond donors (Lipinski definition) is 6. The molecule has 1 rings (SSSR count). The number of aliphatic hydroxyl groups excluding tert-OH is 5. The number of aliphatic hydroxyl groups is 5. The largest absolute Gasteiger partial charge is 0.472 e. The van der Waals surface area contributed by atoms with Gasteiger partial charge >= 0.3 is 19.8 Å². The highest BCUT2D eigenvalue weighted by atomic mass is 31.2. The summed E-state index contributed by atoms with van der Waals surface area (Å²) in [7, 11) is -5.12. The van der Waals surface area contributed by atoms with Crippen LogP contribution in [0.3, 0.4) is 0 Å². The number of esters is 2. The minimum Gasteiger partial charge on any atom is -0.462 e. The van der Waals surface area contributed by atoms with Gasteiger partial charge in [-0.1, -0.05) is 127 Å². The van der Waals surface area contributed by atoms with Crippen molar-refractivity contribution in [2.75, 3.05) is 13.2 Å². The highest BCUT2D eigenvalue weighted by molar-refractivity contribution is 7.47. The van der Waals surface area contributed by atoms with Gasteiger partial charge in [0.05, 0.1) is 6.61 Å². The second kappa shape index (κ2) is 29.2. The van der Waals surface area contributed by atoms with Crippen molar-refractivity contribution in [1.29, 1.82) is 0 Å². The zero-order valence-electron chi connectivity index (χ0n) is 31.1. The van der Waals surface area contributed by atoms with Crippen molar-refractivity contribution in [3.05, 3.63) is 48.6 Å². The van der Waals surface area contributed by atoms with E-state index in [0.29, 0.717) is 12.8 Å². The maximum atomic E-state index is 12.7. The van der Waals surface area contributed by atoms with Crippen LogP contribution in [0.4, 0.5) is 0 Å². The van der Waals surface area contributed by atoms with E-state index >= 15 is 0 Å². The van der Waals surface area contributed by atoms with Crippen molar-refractivity contribution in [2.24, 2.45) is 0 Å². The van der Waals surface area contributed by atoms with Gasteiger partial charge in [-0.25, -0.2) is 4.57 Å². The number of rotatable bonds is 29. The van der Waals surface area contributed by atoms with Gasteiger partial charge in [0.25, 0.3) is 0 Å². The molecule has 300 valence electrons. The molecule has 0 aromatic heterocycles. The van der Waals surface area contributed by atoms with E-state index in [2.05, 4.69) is 19.9 Å². The maximum Gasteiger partial charge on any atom is 0.472 e. The summed E-state index contributed by atoms with van der Waals surface area (Å²) in [4.78, 5) is 35.4. The lowest BCUT2D eigenvalue weighted by molar-refractivity contribution is -0.220. The molecule has 7 unspecified atom stereocenters. The van der Waals surface area contributed by atoms with E-state index < -0.39 is 75.7 Å². The van der Waals surface area contributed by atoms with Gasteiger partial charge in [0.2, 0.25) is 0 Å². The van der Waals surface area contributed by atoms with Crippen molar-refractivity contribution in [3.63, 3.8) is 0 Å². The Morgan fingerprint density at radius 1 is 0.615 bits per heavy atom. The fourth-order valence-electron chi connectivity index (χ4n) is 5.41. The van der Waals surface area contributed by atoms with E-state index in [4.69, 9.17) is 18.5 Å². The van der Waals surface area contributed by atoms with Crippen molar-refractivity contribution >= 4 is 19.8 Å². The fourth-order valence-corrected chi connectivity index (χ4v) is 6.39. The van der Waals surface area contributed by atoms with Crippen LogP contribution < -0.4 is 0 Å². The maximum absolute atomic E-state index is 12.7. The first-order valence-corrected chi connectivity index (χ1v) is 20.5. The van der Waals surface area contributed by atoms with Crippen molar-refractivity contribution in [2.45, 2.75) is 166 Å². The average molecular weight is 761 g/mol. The van der Waals surface area contributed by atoms with E-state index in [0.717, 1.165) is 44.9 Å². The van der Waals surface area contributed by atoms with Gasteiger partial charge in [0, 0.05) is 12.8 Å². The highest BCUT2D eigenvalue weighted by Gasteiger charge is 2.51. The van der Waals surface area contributed by atoms with Crippen LogP contribution in [0.25, 0.3) is 0 Å². The standard InChI is InChI=1S/C38H65O13P/c1-3-5-7-9-11-13-15-16-17-19-21-23-25-27-32(40)50-30(28-48-31(39)26-24-22-20-18-14-12-10-8-6-4-2)29-49-52(46,47)51-38-36(44)34(42)33(41)35(43)37(38)45/h5,7,9,11,13,15-17,30,33-38,41-45H,3-4,6,8,10,12,14,18-29H2,1-2H3,(H,46,47)/b7-5+,11-9+,15-13+,17-16+/t30?,33?,34-,35?,36?,37?,38?/m1/s1. The second-order valence-corrected chi connectivity index (χ2v) is 14.6. The molecule has 14 heteroatoms. The number of carbonyl (C=O) groups is 2. The Balaban J connectivity index is 2.60. The zero-order chi connectivity index (χ0) is 38.6. The van der Waals surface area contributed by atoms with Gasteiger partial charge in [-0.3, -0.25) is 18.6 Å². The first-order valence-electron chi connectivity index (χ1n) is 19.0. The molecule has 13 nitrogen and oxygen atoms in total. The molecule has 0 bridgehead atoms. The molecule has 1 fully saturated rings. The van der Waals surface area contributed by atoms with Gasteiger partial charge in [0.1, 0.15) is 43.2 Å². The molecule has 1 aliphatic rings. The molecule has 0 amide bonds. The molecular formula is C38H65O13P. The molecule has 52 heavy (non-hydrogen) atoms. The monoisotopic (exact) mass is 760 g/mol. The molecule has 8 atom stereocenters. The number of phosphoric acid groups is 1. The molecule has 6 N–H and O–H groups in total. The summed E-state index contributed by atoms with van der Waals surface area (Å²) in [6.45, 7) is 3.06. The van der Waals surface area contributed by atoms with Crippen LogP contribution in [0.2, 0.25) is 0 Å². The quantitative estimate of drug-likeness (QED) is 0.0236. The third-order valence-electron chi connectivity index (χ3n) is 8.53. The predicted molar refractivity (Wildman–Crippen MR) is 198 cm³/mol. The third kappa shape index (κ3) is 22.1. The molecular weight excluding hydrogens is 695 g/mol. The van der Waals surface area contributed by atoms with E-state index in [-0.39, 0.29) is 12.8 Å². The van der Waals surface area contributed by atoms with Crippen LogP contribution in [0.15, 0.2) is 48.6 Å². The second-order valence-electron chi connectivity index (χ2n) is 13.1. The Morgan fingerprint density at radius 2 is 1.10 bits per heavy atom. The first kappa shape index (κ1) is 47.8. The molecule has 0 radical (unpaired) electrons. The summed E-state index contributed by atoms with van der Waals surface area (Å²) < 4.78 is 33.2. The normalized spacial score (nSPS) is 24.2. The van der Waals surface area contributed by atoms with Crippen LogP contribution in [-0.4, -0.2) is 98.3 Å². The minimum absolute atomic E-state index is 0.0502. The SMILES string of the molecule is CC/C=C/C=C/C=C/C=C/CCCCCC(=O)OC(COC(=O)CCCCCCCCCCCC)COP(=O)(O)OC1C(O)C(O)C(O)[C@@H](O)C1O. The lowest BCUT2D eigenvalue weighted by Crippen LogP contribution is -2.64. The topological polar surface area (TPSA) is 210 Å². The summed E-state index contributed by atoms with van der Waals surface area (Å²) in [5, 5.41) is 49.9. The Labute approximate surface area is 310 Å². The number of allylic oxidation sites excluding steroid dienone is 8. The molecule has 0 saturated heterocycles. The lowest BCUT2D eigenvalue weighted by atomic mass is 9.85. The van der Waals surface area contributed by atoms with E-state index in [1.807, 2.05) is 42.5 Å². The van der Waals surface area contributed by atoms with E-state index in [1.54, 1.807) is 0 Å². The Hall–Kier alpha value is -2.19. The number of ether oxygens (including phenoxy) is 2. The molecule has 1 aliphatic carbocycles.